The minimum Gasteiger partial charge on any atom is -0.456 e. The number of likely N-dealkylation sites (tertiary alicyclic amines) is 1. The van der Waals surface area contributed by atoms with Gasteiger partial charge in [-0.1, -0.05) is 31.2 Å². The number of nitrogens with one attached hydrogen (secondary N) is 3. The maximum Gasteiger partial charge on any atom is 0.407 e. The third kappa shape index (κ3) is 7.40. The molecule has 2 aromatic carbocycles. The molecule has 0 unspecified atom stereocenters. The summed E-state index contributed by atoms with van der Waals surface area (Å²) in [4.78, 5) is 56.2. The number of alkyl carbamates (subject to hydrolysis) is 1. The Balaban J connectivity index is 1.13. The van der Waals surface area contributed by atoms with Crippen molar-refractivity contribution < 1.29 is 33.8 Å². The predicted molar refractivity (Wildman–Crippen MR) is 184 cm³/mol. The van der Waals surface area contributed by atoms with Crippen molar-refractivity contribution in [2.45, 2.75) is 51.2 Å². The van der Waals surface area contributed by atoms with E-state index in [2.05, 4.69) is 30.0 Å². The second kappa shape index (κ2) is 15.4. The molecule has 6 rings (SSSR count). The number of furan rings is 1. The summed E-state index contributed by atoms with van der Waals surface area (Å²) in [7, 11) is 1.19. The van der Waals surface area contributed by atoms with Gasteiger partial charge in [-0.05, 0) is 49.1 Å². The third-order valence-electron chi connectivity index (χ3n) is 8.85. The van der Waals surface area contributed by atoms with E-state index in [1.54, 1.807) is 17.3 Å². The molecule has 4 heterocycles. The highest BCUT2D eigenvalue weighted by atomic mass is 16.5. The van der Waals surface area contributed by atoms with Crippen LogP contribution in [0.15, 0.2) is 65.3 Å². The molecule has 14 heteroatoms. The predicted octanol–water partition coefficient (Wildman–Crippen LogP) is 4.38. The summed E-state index contributed by atoms with van der Waals surface area (Å²) in [6.07, 6.45) is 5.22. The van der Waals surface area contributed by atoms with Crippen LogP contribution in [0.4, 0.5) is 4.79 Å². The maximum atomic E-state index is 13.0. The van der Waals surface area contributed by atoms with E-state index in [-0.39, 0.29) is 31.5 Å². The van der Waals surface area contributed by atoms with E-state index in [0.717, 1.165) is 63.5 Å². The number of fused-ring (bicyclic) bond motifs is 1. The molecular weight excluding hydrogens is 642 g/mol. The number of imidazole rings is 2. The molecule has 14 nitrogen and oxygen atoms in total. The lowest BCUT2D eigenvalue weighted by Gasteiger charge is -2.25. The number of carbonyl (C=O) groups is 3. The van der Waals surface area contributed by atoms with Gasteiger partial charge in [0, 0.05) is 36.0 Å². The van der Waals surface area contributed by atoms with E-state index in [1.165, 1.54) is 12.0 Å². The van der Waals surface area contributed by atoms with Crippen LogP contribution in [0.3, 0.4) is 0 Å². The van der Waals surface area contributed by atoms with Crippen molar-refractivity contribution in [3.63, 3.8) is 0 Å². The molecule has 0 radical (unpaired) electrons. The maximum absolute atomic E-state index is 13.0. The number of H-pyrrole nitrogens is 2. The van der Waals surface area contributed by atoms with Crippen LogP contribution in [0.1, 0.15) is 50.3 Å². The van der Waals surface area contributed by atoms with Crippen molar-refractivity contribution in [1.29, 1.82) is 0 Å². The fourth-order valence-electron chi connectivity index (χ4n) is 6.32. The topological polar surface area (TPSA) is 190 Å². The van der Waals surface area contributed by atoms with E-state index >= 15 is 0 Å². The summed E-state index contributed by atoms with van der Waals surface area (Å²) >= 11 is 0. The highest BCUT2D eigenvalue weighted by Gasteiger charge is 2.31. The van der Waals surface area contributed by atoms with Gasteiger partial charge in [0.05, 0.1) is 56.7 Å². The lowest BCUT2D eigenvalue weighted by atomic mass is 10.1. The van der Waals surface area contributed by atoms with E-state index in [4.69, 9.17) is 4.42 Å². The molecular formula is C36H41N7O7. The van der Waals surface area contributed by atoms with Crippen LogP contribution in [-0.2, 0) is 20.9 Å². The van der Waals surface area contributed by atoms with Gasteiger partial charge in [-0.2, -0.15) is 0 Å². The minimum absolute atomic E-state index is 0.0601. The highest BCUT2D eigenvalue weighted by Crippen LogP contribution is 2.34. The van der Waals surface area contributed by atoms with Gasteiger partial charge in [0.1, 0.15) is 29.0 Å². The zero-order valence-corrected chi connectivity index (χ0v) is 28.0. The summed E-state index contributed by atoms with van der Waals surface area (Å²) in [5.74, 6) is 1.54. The van der Waals surface area contributed by atoms with Crippen molar-refractivity contribution >= 4 is 28.9 Å². The largest absolute Gasteiger partial charge is 0.456 e. The first kappa shape index (κ1) is 34.4. The van der Waals surface area contributed by atoms with Crippen molar-refractivity contribution in [2.75, 3.05) is 33.4 Å². The molecule has 0 aliphatic carbocycles. The highest BCUT2D eigenvalue weighted by molar-refractivity contribution is 5.87. The normalized spacial score (nSPS) is 15.0. The van der Waals surface area contributed by atoms with Crippen molar-refractivity contribution in [2.24, 2.45) is 0 Å². The number of methoxy groups -OCH3 is 1. The van der Waals surface area contributed by atoms with E-state index in [9.17, 15) is 24.6 Å². The number of aliphatic hydroxyl groups is 2. The minimum atomic E-state index is -1.12. The molecule has 3 aromatic heterocycles. The first-order chi connectivity index (χ1) is 24.3. The number of aliphatic hydroxyl groups excluding tert-OH is 2. The number of carbonyl (C=O) groups excluding carboxylic acids is 3. The molecule has 1 aliphatic heterocycles. The van der Waals surface area contributed by atoms with Gasteiger partial charge in [-0.3, -0.25) is 9.59 Å². The monoisotopic (exact) mass is 683 g/mol. The molecule has 0 saturated carbocycles. The van der Waals surface area contributed by atoms with Gasteiger partial charge in [-0.15, -0.1) is 0 Å². The molecule has 1 saturated heterocycles. The Labute approximate surface area is 288 Å². The van der Waals surface area contributed by atoms with E-state index in [0.29, 0.717) is 25.3 Å². The summed E-state index contributed by atoms with van der Waals surface area (Å²) in [5.41, 5.74) is 5.12. The number of aromatic nitrogens is 4. The Morgan fingerprint density at radius 2 is 1.78 bits per heavy atom. The Hall–Kier alpha value is -5.47. The van der Waals surface area contributed by atoms with Crippen LogP contribution < -0.4 is 5.32 Å². The molecule has 2 atom stereocenters. The molecule has 5 aromatic rings. The van der Waals surface area contributed by atoms with Crippen molar-refractivity contribution in [3.8, 4) is 33.8 Å². The first-order valence-corrected chi connectivity index (χ1v) is 16.7. The molecule has 3 amide bonds. The van der Waals surface area contributed by atoms with Crippen LogP contribution in [0, 0.1) is 0 Å². The van der Waals surface area contributed by atoms with E-state index < -0.39 is 24.6 Å². The zero-order chi connectivity index (χ0) is 35.2. The molecule has 50 heavy (non-hydrogen) atoms. The smallest absolute Gasteiger partial charge is 0.407 e. The summed E-state index contributed by atoms with van der Waals surface area (Å²) in [6.45, 7) is 2.47. The Kier molecular flexibility index (Phi) is 10.6. The molecule has 1 fully saturated rings. The number of hydrogen-bond donors (Lipinski definition) is 5. The fourth-order valence-corrected chi connectivity index (χ4v) is 6.32. The Morgan fingerprint density at radius 1 is 1.04 bits per heavy atom. The standard InChI is InChI=1S/C36H41N7O7/c1-3-13-42(35(47)28(21-45)41-36(48)49-2)20-32-37-18-26(39-32)22-6-8-23(9-7-22)31-17-25-16-24(10-11-30(25)50-31)27-19-38-34(40-27)29-5-4-14-43(29)33(46)12-15-44/h6-11,16-19,28-29,44-45H,3-5,12-15,20-21H2,1-2H3,(H,37,39)(H,38,40)(H,41,48)/t28-,29-/m0/s1. The molecule has 262 valence electrons. The van der Waals surface area contributed by atoms with Gasteiger partial charge in [0.25, 0.3) is 0 Å². The van der Waals surface area contributed by atoms with Gasteiger partial charge in [-0.25, -0.2) is 14.8 Å². The number of hydrogen-bond acceptors (Lipinski definition) is 9. The molecule has 5 N–H and O–H groups in total. The summed E-state index contributed by atoms with van der Waals surface area (Å²) in [6, 6.07) is 14.6. The first-order valence-electron chi connectivity index (χ1n) is 16.7. The van der Waals surface area contributed by atoms with Crippen molar-refractivity contribution in [3.05, 3.63) is 72.6 Å². The number of aromatic amines is 2. The fraction of sp³-hybridized carbons (Fsp3) is 0.361. The number of rotatable bonds is 13. The number of amides is 3. The van der Waals surface area contributed by atoms with E-state index in [1.807, 2.05) is 55.5 Å². The quantitative estimate of drug-likeness (QED) is 0.120. The van der Waals surface area contributed by atoms with Crippen LogP contribution in [0.5, 0.6) is 0 Å². The molecule has 1 aliphatic rings. The number of ether oxygens (including phenoxy) is 1. The third-order valence-corrected chi connectivity index (χ3v) is 8.85. The lowest BCUT2D eigenvalue weighted by Crippen LogP contribution is -2.50. The van der Waals surface area contributed by atoms with Crippen molar-refractivity contribution in [1.82, 2.24) is 35.1 Å². The van der Waals surface area contributed by atoms with Gasteiger partial charge in [0.15, 0.2) is 0 Å². The second-order valence-electron chi connectivity index (χ2n) is 12.2. The second-order valence-corrected chi connectivity index (χ2v) is 12.2. The molecule has 0 bridgehead atoms. The summed E-state index contributed by atoms with van der Waals surface area (Å²) in [5, 5.41) is 22.2. The SMILES string of the molecule is CCCN(Cc1ncc(-c2ccc(-c3cc4cc(-c5cnc([C@@H]6CCCN6C(=O)CCO)[nH]5)ccc4o3)cc2)[nH]1)C(=O)[C@H](CO)NC(=O)OC. The van der Waals surface area contributed by atoms with Crippen LogP contribution in [-0.4, -0.2) is 97.3 Å². The Bertz CT molecular complexity index is 1950. The zero-order valence-electron chi connectivity index (χ0n) is 28.0. The van der Waals surface area contributed by atoms with Crippen LogP contribution in [0.2, 0.25) is 0 Å². The van der Waals surface area contributed by atoms with Gasteiger partial charge < -0.3 is 44.5 Å². The number of benzene rings is 2. The van der Waals surface area contributed by atoms with Gasteiger partial charge in [0.2, 0.25) is 11.8 Å². The Morgan fingerprint density at radius 3 is 2.52 bits per heavy atom. The average molecular weight is 684 g/mol. The molecule has 0 spiro atoms. The number of nitrogens with zero attached hydrogens (tertiary/aromatic N) is 4. The van der Waals surface area contributed by atoms with Crippen LogP contribution in [0.25, 0.3) is 44.8 Å². The summed E-state index contributed by atoms with van der Waals surface area (Å²) < 4.78 is 10.8. The average Bonchev–Trinajstić information content (AvgIpc) is 3.96. The van der Waals surface area contributed by atoms with Gasteiger partial charge >= 0.3 is 6.09 Å². The van der Waals surface area contributed by atoms with Crippen LogP contribution >= 0.6 is 0 Å². The lowest BCUT2D eigenvalue weighted by molar-refractivity contribution is -0.135.